The third kappa shape index (κ3) is 4.20. The summed E-state index contributed by atoms with van der Waals surface area (Å²) < 4.78 is 12.1. The maximum absolute atomic E-state index is 12.1. The smallest absolute Gasteiger partial charge is 0.229 e. The zero-order chi connectivity index (χ0) is 11.0. The van der Waals surface area contributed by atoms with Gasteiger partial charge in [0.05, 0.1) is 0 Å². The molecule has 0 amide bonds. The highest BCUT2D eigenvalue weighted by Crippen LogP contribution is 2.03. The van der Waals surface area contributed by atoms with Crippen LogP contribution in [0, 0.1) is 9.81 Å². The minimum absolute atomic E-state index is 0.0452. The molecule has 5 nitrogen and oxygen atoms in total. The van der Waals surface area contributed by atoms with Crippen LogP contribution in [-0.4, -0.2) is 13.2 Å². The van der Waals surface area contributed by atoms with Gasteiger partial charge in [-0.1, -0.05) is 28.9 Å². The van der Waals surface area contributed by atoms with E-state index in [4.69, 9.17) is 0 Å². The summed E-state index contributed by atoms with van der Waals surface area (Å²) in [6.45, 7) is 4.75. The first-order chi connectivity index (χ1) is 6.65. The molecule has 0 radical (unpaired) electrons. The van der Waals surface area contributed by atoms with E-state index in [-0.39, 0.29) is 5.47 Å². The molecule has 0 heterocycles. The van der Waals surface area contributed by atoms with Crippen molar-refractivity contribution in [2.24, 2.45) is 15.2 Å². The monoisotopic (exact) mass is 195 g/mol. The van der Waals surface area contributed by atoms with E-state index in [0.29, 0.717) is 0 Å². The van der Waals surface area contributed by atoms with Gasteiger partial charge in [0.15, 0.2) is 0 Å². The van der Waals surface area contributed by atoms with Gasteiger partial charge in [-0.25, -0.2) is 4.99 Å². The van der Waals surface area contributed by atoms with E-state index >= 15 is 0 Å². The lowest BCUT2D eigenvalue weighted by molar-refractivity contribution is 0.634. The Kier molecular flexibility index (Phi) is 5.68. The van der Waals surface area contributed by atoms with Crippen LogP contribution < -0.4 is 0 Å². The number of rotatable bonds is 6. The van der Waals surface area contributed by atoms with Crippen LogP contribution in [0.15, 0.2) is 51.9 Å². The minimum Gasteiger partial charge on any atom is -0.229 e. The molecule has 0 N–H and O–H groups in total. The van der Waals surface area contributed by atoms with E-state index in [1.807, 2.05) is 0 Å². The molecule has 0 aliphatic heterocycles. The Hall–Kier alpha value is -1.92. The summed E-state index contributed by atoms with van der Waals surface area (Å²) in [6, 6.07) is 0. The van der Waals surface area contributed by atoms with Crippen LogP contribution >= 0.6 is 0 Å². The molecule has 0 saturated carbocycles. The first-order valence-electron chi connectivity index (χ1n) is 3.51. The van der Waals surface area contributed by atoms with Crippen LogP contribution in [0.3, 0.4) is 0 Å². The van der Waals surface area contributed by atoms with Crippen molar-refractivity contribution >= 4 is 13.2 Å². The normalized spacial score (nSPS) is 11.1. The summed E-state index contributed by atoms with van der Waals surface area (Å²) in [6.07, 6.45) is 3.52. The zero-order valence-corrected chi connectivity index (χ0v) is 7.26. The molecule has 72 valence electrons. The fourth-order valence-electron chi connectivity index (χ4n) is 0.617. The van der Waals surface area contributed by atoms with Gasteiger partial charge in [-0.15, -0.1) is 0 Å². The molecule has 0 aromatic heterocycles. The summed E-state index contributed by atoms with van der Waals surface area (Å²) >= 11 is 0. The Bertz CT molecular complexity index is 306. The second-order valence-corrected chi connectivity index (χ2v) is 2.12. The number of hydrogen-bond acceptors (Lipinski definition) is 5. The molecule has 0 aliphatic rings. The molecule has 0 spiro atoms. The topological polar surface area (TPSA) is 71.2 Å². The quantitative estimate of drug-likeness (QED) is 0.214. The number of nitrogens with zero attached hydrogens (tertiary/aromatic N) is 3. The standard InChI is InChI=1S/C7H7BFN3O2/c1-3-4-7(5-10-6(2)9)8(11-13)12-14/h3-5H,1-2H2/b7-4+,10-5-. The molecule has 7 heteroatoms. The van der Waals surface area contributed by atoms with E-state index in [1.165, 1.54) is 12.2 Å². The van der Waals surface area contributed by atoms with Crippen molar-refractivity contribution in [1.29, 1.82) is 0 Å². The predicted molar refractivity (Wildman–Crippen MR) is 54.4 cm³/mol. The first-order valence-corrected chi connectivity index (χ1v) is 3.51. The SMILES string of the molecule is C=C/C=C(\C=N/C(=C)F)B(N=O)N=O. The molecule has 14 heavy (non-hydrogen) atoms. The van der Waals surface area contributed by atoms with Gasteiger partial charge in [-0.3, -0.25) is 0 Å². The largest absolute Gasteiger partial charge is 0.550 e. The van der Waals surface area contributed by atoms with E-state index in [2.05, 4.69) is 28.3 Å². The molecule has 0 bridgehead atoms. The highest BCUT2D eigenvalue weighted by Gasteiger charge is 2.22. The summed E-state index contributed by atoms with van der Waals surface area (Å²) in [7, 11) is 0. The molecular formula is C7H7BFN3O2. The predicted octanol–water partition coefficient (Wildman–Crippen LogP) is 2.17. The van der Waals surface area contributed by atoms with Crippen LogP contribution in [0.25, 0.3) is 0 Å². The van der Waals surface area contributed by atoms with Crippen molar-refractivity contribution in [3.8, 4) is 0 Å². The highest BCUT2D eigenvalue weighted by atomic mass is 19.1. The molecule has 0 saturated heterocycles. The van der Waals surface area contributed by atoms with Crippen molar-refractivity contribution in [3.63, 3.8) is 0 Å². The van der Waals surface area contributed by atoms with E-state index in [1.54, 1.807) is 0 Å². The van der Waals surface area contributed by atoms with Crippen molar-refractivity contribution in [2.75, 3.05) is 0 Å². The van der Waals surface area contributed by atoms with Gasteiger partial charge in [0.1, 0.15) is 0 Å². The fourth-order valence-corrected chi connectivity index (χ4v) is 0.617. The number of aliphatic imine (C=N–C) groups is 1. The van der Waals surface area contributed by atoms with Crippen LogP contribution in [0.2, 0.25) is 0 Å². The molecule has 0 fully saturated rings. The molecule has 0 unspecified atom stereocenters. The van der Waals surface area contributed by atoms with Gasteiger partial charge in [0.2, 0.25) is 5.95 Å². The molecule has 0 atom stereocenters. The van der Waals surface area contributed by atoms with Gasteiger partial charge in [0.25, 0.3) is 0 Å². The number of halogens is 1. The lowest BCUT2D eigenvalue weighted by atomic mass is 9.70. The van der Waals surface area contributed by atoms with E-state index in [0.717, 1.165) is 6.21 Å². The molecule has 0 aliphatic carbocycles. The maximum Gasteiger partial charge on any atom is 0.550 e. The molecule has 0 aromatic carbocycles. The van der Waals surface area contributed by atoms with Gasteiger partial charge in [-0.2, -0.15) is 14.2 Å². The average Bonchev–Trinajstić information content (AvgIpc) is 2.15. The summed E-state index contributed by atoms with van der Waals surface area (Å²) in [4.78, 5) is 23.4. The third-order valence-corrected chi connectivity index (χ3v) is 1.16. The van der Waals surface area contributed by atoms with Crippen molar-refractivity contribution < 1.29 is 4.39 Å². The average molecular weight is 195 g/mol. The van der Waals surface area contributed by atoms with Crippen LogP contribution in [0.1, 0.15) is 0 Å². The second kappa shape index (κ2) is 6.58. The zero-order valence-electron chi connectivity index (χ0n) is 7.26. The number of nitroso groups, excluding NO2 is 2. The van der Waals surface area contributed by atoms with Crippen molar-refractivity contribution in [1.82, 2.24) is 0 Å². The number of hydrogen-bond donors (Lipinski definition) is 0. The van der Waals surface area contributed by atoms with E-state index < -0.39 is 12.9 Å². The van der Waals surface area contributed by atoms with Crippen molar-refractivity contribution in [3.05, 3.63) is 46.5 Å². The first kappa shape index (κ1) is 12.1. The Morgan fingerprint density at radius 1 is 1.36 bits per heavy atom. The number of allylic oxidation sites excluding steroid dienone is 3. The Morgan fingerprint density at radius 3 is 2.29 bits per heavy atom. The van der Waals surface area contributed by atoms with Gasteiger partial charge in [-0.05, 0) is 12.1 Å². The highest BCUT2D eigenvalue weighted by molar-refractivity contribution is 6.67. The van der Waals surface area contributed by atoms with E-state index in [9.17, 15) is 14.2 Å². The Morgan fingerprint density at radius 2 is 1.93 bits per heavy atom. The van der Waals surface area contributed by atoms with Crippen LogP contribution in [0.4, 0.5) is 4.39 Å². The summed E-state index contributed by atoms with van der Waals surface area (Å²) in [5.41, 5.74) is 0.0452. The molecule has 0 rings (SSSR count). The van der Waals surface area contributed by atoms with Gasteiger partial charge in [0, 0.05) is 6.21 Å². The Balaban J connectivity index is 4.84. The molecule has 0 aromatic rings. The van der Waals surface area contributed by atoms with Gasteiger partial charge < -0.3 is 0 Å². The Labute approximate surface area is 80.2 Å². The minimum atomic E-state index is -1.45. The van der Waals surface area contributed by atoms with Crippen LogP contribution in [0.5, 0.6) is 0 Å². The fraction of sp³-hybridized carbons (Fsp3) is 0. The van der Waals surface area contributed by atoms with Gasteiger partial charge >= 0.3 is 6.98 Å². The maximum atomic E-state index is 12.1. The lowest BCUT2D eigenvalue weighted by Crippen LogP contribution is -2.11. The lowest BCUT2D eigenvalue weighted by Gasteiger charge is -1.93. The molecular weight excluding hydrogens is 188 g/mol. The van der Waals surface area contributed by atoms with Crippen LogP contribution in [-0.2, 0) is 0 Å². The second-order valence-electron chi connectivity index (χ2n) is 2.12. The summed E-state index contributed by atoms with van der Waals surface area (Å²) in [5, 5.41) is 4.83. The summed E-state index contributed by atoms with van der Waals surface area (Å²) in [5.74, 6) is -0.949. The van der Waals surface area contributed by atoms with Crippen molar-refractivity contribution in [2.45, 2.75) is 0 Å². The third-order valence-electron chi connectivity index (χ3n) is 1.16.